The highest BCUT2D eigenvalue weighted by Gasteiger charge is 2.51. The van der Waals surface area contributed by atoms with Crippen molar-refractivity contribution in [3.05, 3.63) is 63.7 Å². The van der Waals surface area contributed by atoms with Crippen LogP contribution in [-0.2, 0) is 25.0 Å². The number of aromatic nitrogens is 6. The van der Waals surface area contributed by atoms with Gasteiger partial charge in [-0.05, 0) is 18.9 Å². The lowest BCUT2D eigenvalue weighted by Crippen LogP contribution is -2.46. The van der Waals surface area contributed by atoms with Gasteiger partial charge in [0.1, 0.15) is 23.1 Å². The minimum atomic E-state index is -5.05. The van der Waals surface area contributed by atoms with Crippen molar-refractivity contribution in [1.82, 2.24) is 29.3 Å². The average Bonchev–Trinajstić information content (AvgIpc) is 3.45. The zero-order chi connectivity index (χ0) is 27.9. The first-order valence-electron chi connectivity index (χ1n) is 11.8. The Morgan fingerprint density at radius 1 is 1.00 bits per heavy atom. The van der Waals surface area contributed by atoms with Crippen molar-refractivity contribution in [2.45, 2.75) is 30.7 Å². The molecule has 2 fully saturated rings. The summed E-state index contributed by atoms with van der Waals surface area (Å²) >= 11 is 0. The third-order valence-corrected chi connectivity index (χ3v) is 6.88. The average molecular weight is 551 g/mol. The van der Waals surface area contributed by atoms with Crippen molar-refractivity contribution in [3.63, 3.8) is 0 Å². The number of hydrogen-bond acceptors (Lipinski definition) is 7. The number of nitrogens with zero attached hydrogens (tertiary/aromatic N) is 7. The molecule has 9 nitrogen and oxygen atoms in total. The SMILES string of the molecule is Cn1cc([C@@H]2CN(c3nc(-c4cc(F)c(F)cc4F)c4nc(C(F)(F)F)n(C)c(=O)c4n3)CC3(CC3)O2)cn1. The molecule has 4 aromatic rings. The highest BCUT2D eigenvalue weighted by atomic mass is 19.4. The second kappa shape index (κ2) is 8.49. The normalized spacial score (nSPS) is 18.8. The third-order valence-electron chi connectivity index (χ3n) is 6.88. The van der Waals surface area contributed by atoms with E-state index in [1.807, 2.05) is 0 Å². The standard InChI is InChI=1S/C24H19F6N7O2/c1-35-8-11(7-31-35)16-9-37(10-23(39-16)3-4-23)22-33-17(12-5-14(26)15(27)6-13(12)25)18-19(34-22)20(38)36(2)21(32-18)24(28,29)30/h5-8,16H,3-4,9-10H2,1-2H3/t16-/m0/s1. The van der Waals surface area contributed by atoms with E-state index >= 15 is 0 Å². The molecule has 1 aromatic carbocycles. The summed E-state index contributed by atoms with van der Waals surface area (Å²) in [6.07, 6.45) is -0.693. The second-order valence-electron chi connectivity index (χ2n) is 9.73. The van der Waals surface area contributed by atoms with Gasteiger partial charge in [0.25, 0.3) is 5.56 Å². The van der Waals surface area contributed by atoms with Crippen molar-refractivity contribution in [2.24, 2.45) is 14.1 Å². The maximum Gasteiger partial charge on any atom is 0.449 e. The molecule has 1 saturated carbocycles. The van der Waals surface area contributed by atoms with Gasteiger partial charge in [0.2, 0.25) is 11.8 Å². The molecule has 0 N–H and O–H groups in total. The van der Waals surface area contributed by atoms with Crippen molar-refractivity contribution >= 4 is 17.0 Å². The molecule has 1 aliphatic carbocycles. The quantitative estimate of drug-likeness (QED) is 0.284. The molecule has 1 aliphatic heterocycles. The van der Waals surface area contributed by atoms with Crippen LogP contribution in [0.4, 0.5) is 32.3 Å². The molecule has 3 aromatic heterocycles. The molecule has 1 spiro atoms. The first kappa shape index (κ1) is 25.3. The largest absolute Gasteiger partial charge is 0.449 e. The van der Waals surface area contributed by atoms with E-state index in [9.17, 15) is 31.1 Å². The molecule has 0 amide bonds. The number of anilines is 1. The topological polar surface area (TPSA) is 91.0 Å². The Balaban J connectivity index is 1.58. The summed E-state index contributed by atoms with van der Waals surface area (Å²) in [5.74, 6) is -5.97. The Hall–Kier alpha value is -4.01. The van der Waals surface area contributed by atoms with Crippen LogP contribution >= 0.6 is 0 Å². The summed E-state index contributed by atoms with van der Waals surface area (Å²) in [6, 6.07) is 0.707. The number of hydrogen-bond donors (Lipinski definition) is 0. The van der Waals surface area contributed by atoms with E-state index in [2.05, 4.69) is 20.1 Å². The van der Waals surface area contributed by atoms with Gasteiger partial charge in [-0.15, -0.1) is 0 Å². The van der Waals surface area contributed by atoms with E-state index in [-0.39, 0.29) is 29.7 Å². The zero-order valence-corrected chi connectivity index (χ0v) is 20.4. The fraction of sp³-hybridized carbons (Fsp3) is 0.375. The lowest BCUT2D eigenvalue weighted by Gasteiger charge is -2.38. The van der Waals surface area contributed by atoms with Crippen LogP contribution in [0.15, 0.2) is 29.3 Å². The molecule has 15 heteroatoms. The predicted molar refractivity (Wildman–Crippen MR) is 124 cm³/mol. The molecule has 0 bridgehead atoms. The fourth-order valence-corrected chi connectivity index (χ4v) is 4.76. The third kappa shape index (κ3) is 4.30. The van der Waals surface area contributed by atoms with Gasteiger partial charge in [-0.1, -0.05) is 0 Å². The number of aryl methyl sites for hydroxylation is 1. The van der Waals surface area contributed by atoms with Crippen molar-refractivity contribution < 1.29 is 31.1 Å². The second-order valence-corrected chi connectivity index (χ2v) is 9.73. The Bertz CT molecular complexity index is 1700. The molecular weight excluding hydrogens is 532 g/mol. The Labute approximate surface area is 215 Å². The molecule has 39 heavy (non-hydrogen) atoms. The molecule has 204 valence electrons. The van der Waals surface area contributed by atoms with Gasteiger partial charge in [-0.25, -0.2) is 28.1 Å². The maximum atomic E-state index is 14.9. The molecule has 0 unspecified atom stereocenters. The molecule has 2 aliphatic rings. The summed E-state index contributed by atoms with van der Waals surface area (Å²) in [6.45, 7) is 0.455. The zero-order valence-electron chi connectivity index (χ0n) is 20.4. The van der Waals surface area contributed by atoms with Gasteiger partial charge in [-0.2, -0.15) is 18.3 Å². The van der Waals surface area contributed by atoms with E-state index in [1.54, 1.807) is 29.0 Å². The van der Waals surface area contributed by atoms with Crippen LogP contribution in [0.1, 0.15) is 30.3 Å². The van der Waals surface area contributed by atoms with Gasteiger partial charge in [0, 0.05) is 37.5 Å². The number of halogens is 6. The van der Waals surface area contributed by atoms with Crippen molar-refractivity contribution in [2.75, 3.05) is 18.0 Å². The van der Waals surface area contributed by atoms with E-state index < -0.39 is 69.0 Å². The van der Waals surface area contributed by atoms with Crippen LogP contribution in [0, 0.1) is 17.5 Å². The monoisotopic (exact) mass is 551 g/mol. The van der Waals surface area contributed by atoms with E-state index in [4.69, 9.17) is 4.74 Å². The first-order valence-corrected chi connectivity index (χ1v) is 11.8. The van der Waals surface area contributed by atoms with Gasteiger partial charge in [-0.3, -0.25) is 14.0 Å². The number of morpholine rings is 1. The number of benzene rings is 1. The Morgan fingerprint density at radius 2 is 1.72 bits per heavy atom. The molecule has 4 heterocycles. The van der Waals surface area contributed by atoms with Crippen LogP contribution in [0.5, 0.6) is 0 Å². The summed E-state index contributed by atoms with van der Waals surface area (Å²) in [7, 11) is 2.62. The van der Waals surface area contributed by atoms with E-state index in [0.717, 1.165) is 25.5 Å². The summed E-state index contributed by atoms with van der Waals surface area (Å²) in [4.78, 5) is 26.8. The number of fused-ring (bicyclic) bond motifs is 1. The van der Waals surface area contributed by atoms with Crippen LogP contribution in [-0.4, -0.2) is 48.0 Å². The van der Waals surface area contributed by atoms with Gasteiger partial charge < -0.3 is 9.64 Å². The molecule has 0 radical (unpaired) electrons. The number of alkyl halides is 3. The van der Waals surface area contributed by atoms with Crippen LogP contribution in [0.3, 0.4) is 0 Å². The predicted octanol–water partition coefficient (Wildman–Crippen LogP) is 3.67. The molecule has 1 atom stereocenters. The minimum absolute atomic E-state index is 0.122. The van der Waals surface area contributed by atoms with E-state index in [0.29, 0.717) is 6.07 Å². The Kier molecular flexibility index (Phi) is 5.51. The number of ether oxygens (including phenoxy) is 1. The fourth-order valence-electron chi connectivity index (χ4n) is 4.76. The van der Waals surface area contributed by atoms with Crippen LogP contribution in [0.2, 0.25) is 0 Å². The molecule has 1 saturated heterocycles. The smallest absolute Gasteiger partial charge is 0.363 e. The van der Waals surface area contributed by atoms with Gasteiger partial charge >= 0.3 is 6.18 Å². The van der Waals surface area contributed by atoms with Crippen molar-refractivity contribution in [3.8, 4) is 11.3 Å². The summed E-state index contributed by atoms with van der Waals surface area (Å²) in [5.41, 5.74) is -3.44. The highest BCUT2D eigenvalue weighted by Crippen LogP contribution is 2.47. The van der Waals surface area contributed by atoms with Crippen LogP contribution < -0.4 is 10.5 Å². The van der Waals surface area contributed by atoms with Gasteiger partial charge in [0.15, 0.2) is 17.2 Å². The Morgan fingerprint density at radius 3 is 2.36 bits per heavy atom. The first-order chi connectivity index (χ1) is 18.3. The molecular formula is C24H19F6N7O2. The van der Waals surface area contributed by atoms with Crippen LogP contribution in [0.25, 0.3) is 22.3 Å². The maximum absolute atomic E-state index is 14.9. The molecule has 6 rings (SSSR count). The van der Waals surface area contributed by atoms with Crippen molar-refractivity contribution in [1.29, 1.82) is 0 Å². The highest BCUT2D eigenvalue weighted by molar-refractivity contribution is 5.89. The minimum Gasteiger partial charge on any atom is -0.363 e. The lowest BCUT2D eigenvalue weighted by molar-refractivity contribution is -0.147. The van der Waals surface area contributed by atoms with E-state index in [1.165, 1.54) is 0 Å². The summed E-state index contributed by atoms with van der Waals surface area (Å²) < 4.78 is 92.0. The lowest BCUT2D eigenvalue weighted by atomic mass is 10.1. The number of rotatable bonds is 3. The summed E-state index contributed by atoms with van der Waals surface area (Å²) in [5, 5.41) is 4.16. The van der Waals surface area contributed by atoms with Gasteiger partial charge in [0.05, 0.1) is 24.9 Å².